The van der Waals surface area contributed by atoms with E-state index in [2.05, 4.69) is 26.3 Å². The number of piperidine rings is 1. The highest BCUT2D eigenvalue weighted by atomic mass is 35.5. The number of aromatic nitrogens is 2. The lowest BCUT2D eigenvalue weighted by molar-refractivity contribution is 0.0928. The van der Waals surface area contributed by atoms with Gasteiger partial charge in [0.2, 0.25) is 0 Å². The number of ether oxygens (including phenoxy) is 1. The first-order chi connectivity index (χ1) is 13.7. The molecule has 1 unspecified atom stereocenters. The number of carbonyl (C=O) groups excluding carboxylic acids is 1. The molecule has 2 aliphatic rings. The van der Waals surface area contributed by atoms with Crippen LogP contribution in [-0.2, 0) is 0 Å². The van der Waals surface area contributed by atoms with Crippen LogP contribution in [0.25, 0.3) is 6.08 Å². The van der Waals surface area contributed by atoms with E-state index in [1.54, 1.807) is 6.20 Å². The minimum atomic E-state index is -0.165. The van der Waals surface area contributed by atoms with Crippen molar-refractivity contribution in [1.29, 1.82) is 0 Å². The van der Waals surface area contributed by atoms with Gasteiger partial charge in [-0.3, -0.25) is 14.7 Å². The molecule has 146 valence electrons. The van der Waals surface area contributed by atoms with Crippen molar-refractivity contribution in [2.24, 2.45) is 5.92 Å². The Morgan fingerprint density at radius 1 is 1.36 bits per heavy atom. The zero-order chi connectivity index (χ0) is 19.3. The van der Waals surface area contributed by atoms with E-state index in [-0.39, 0.29) is 5.91 Å². The summed E-state index contributed by atoms with van der Waals surface area (Å²) >= 11 is 6.10. The number of amides is 1. The molecule has 4 rings (SSSR count). The Labute approximate surface area is 169 Å². The molecule has 1 N–H and O–H groups in total. The van der Waals surface area contributed by atoms with Crippen LogP contribution in [0, 0.1) is 5.92 Å². The summed E-state index contributed by atoms with van der Waals surface area (Å²) in [7, 11) is 0. The molecule has 1 aromatic heterocycles. The molecule has 1 saturated heterocycles. The second kappa shape index (κ2) is 8.71. The van der Waals surface area contributed by atoms with E-state index in [0.29, 0.717) is 24.8 Å². The number of likely N-dealkylation sites (tertiary alicyclic amines) is 1. The summed E-state index contributed by atoms with van der Waals surface area (Å²) in [5.41, 5.74) is 2.65. The molecule has 0 aliphatic carbocycles. The predicted octanol–water partition coefficient (Wildman–Crippen LogP) is 3.05. The number of hydrogen-bond donors (Lipinski definition) is 1. The van der Waals surface area contributed by atoms with Crippen molar-refractivity contribution in [3.05, 3.63) is 58.6 Å². The van der Waals surface area contributed by atoms with Crippen molar-refractivity contribution in [2.45, 2.75) is 12.8 Å². The Balaban J connectivity index is 1.31. The lowest BCUT2D eigenvalue weighted by Gasteiger charge is -2.34. The van der Waals surface area contributed by atoms with Gasteiger partial charge in [-0.25, -0.2) is 4.98 Å². The van der Waals surface area contributed by atoms with E-state index in [1.165, 1.54) is 18.0 Å². The highest BCUT2D eigenvalue weighted by Gasteiger charge is 2.22. The van der Waals surface area contributed by atoms with Crippen LogP contribution in [0.15, 0.2) is 42.4 Å². The third-order valence-corrected chi connectivity index (χ3v) is 5.36. The molecule has 2 aliphatic heterocycles. The van der Waals surface area contributed by atoms with Crippen LogP contribution in [-0.4, -0.2) is 53.6 Å². The Hall–Kier alpha value is -2.44. The molecule has 0 spiro atoms. The second-order valence-corrected chi connectivity index (χ2v) is 7.75. The number of halogens is 1. The molecule has 1 atom stereocenters. The molecule has 1 fully saturated rings. The van der Waals surface area contributed by atoms with Crippen LogP contribution >= 0.6 is 11.6 Å². The average molecular weight is 399 g/mol. The van der Waals surface area contributed by atoms with E-state index in [9.17, 15) is 4.79 Å². The first kappa shape index (κ1) is 18.9. The van der Waals surface area contributed by atoms with Gasteiger partial charge in [0.15, 0.2) is 0 Å². The zero-order valence-electron chi connectivity index (χ0n) is 15.6. The summed E-state index contributed by atoms with van der Waals surface area (Å²) in [5.74, 6) is 1.15. The zero-order valence-corrected chi connectivity index (χ0v) is 16.4. The average Bonchev–Trinajstić information content (AvgIpc) is 2.72. The largest absolute Gasteiger partial charge is 0.489 e. The summed E-state index contributed by atoms with van der Waals surface area (Å²) in [6.45, 7) is 4.16. The van der Waals surface area contributed by atoms with Crippen molar-refractivity contribution < 1.29 is 9.53 Å². The molecular formula is C21H23ClN4O2. The quantitative estimate of drug-likeness (QED) is 0.838. The van der Waals surface area contributed by atoms with Crippen LogP contribution < -0.4 is 10.1 Å². The van der Waals surface area contributed by atoms with Gasteiger partial charge in [0.05, 0.1) is 6.20 Å². The van der Waals surface area contributed by atoms with E-state index < -0.39 is 0 Å². The monoisotopic (exact) mass is 398 g/mol. The second-order valence-electron chi connectivity index (χ2n) is 7.32. The Morgan fingerprint density at radius 3 is 3.14 bits per heavy atom. The fourth-order valence-corrected chi connectivity index (χ4v) is 3.96. The van der Waals surface area contributed by atoms with Gasteiger partial charge in [0.1, 0.15) is 18.1 Å². The molecule has 1 amide bonds. The van der Waals surface area contributed by atoms with E-state index in [0.717, 1.165) is 48.8 Å². The minimum Gasteiger partial charge on any atom is -0.489 e. The maximum Gasteiger partial charge on any atom is 0.271 e. The number of fused-ring (bicyclic) bond motifs is 1. The molecular weight excluding hydrogens is 376 g/mol. The Kier molecular flexibility index (Phi) is 5.88. The number of carbonyl (C=O) groups is 1. The molecule has 7 heteroatoms. The third-order valence-electron chi connectivity index (χ3n) is 5.12. The summed E-state index contributed by atoms with van der Waals surface area (Å²) in [6.07, 6.45) is 9.01. The van der Waals surface area contributed by atoms with Gasteiger partial charge in [0.25, 0.3) is 5.91 Å². The first-order valence-electron chi connectivity index (χ1n) is 9.56. The van der Waals surface area contributed by atoms with Crippen LogP contribution in [0.5, 0.6) is 5.75 Å². The normalized spacial score (nSPS) is 19.3. The van der Waals surface area contributed by atoms with Crippen molar-refractivity contribution in [3.8, 4) is 5.75 Å². The SMILES string of the molecule is O=C(NCC1CCCN(CC2=Cc3cc(Cl)ccc3OC2)C1)c1cnccn1. The van der Waals surface area contributed by atoms with Gasteiger partial charge in [-0.1, -0.05) is 11.6 Å². The predicted molar refractivity (Wildman–Crippen MR) is 108 cm³/mol. The number of rotatable bonds is 5. The Morgan fingerprint density at radius 2 is 2.29 bits per heavy atom. The van der Waals surface area contributed by atoms with E-state index in [1.807, 2.05) is 18.2 Å². The van der Waals surface area contributed by atoms with Gasteiger partial charge in [-0.2, -0.15) is 0 Å². The first-order valence-corrected chi connectivity index (χ1v) is 9.93. The fourth-order valence-electron chi connectivity index (χ4n) is 3.78. The fraction of sp³-hybridized carbons (Fsp3) is 0.381. The summed E-state index contributed by atoms with van der Waals surface area (Å²) in [6, 6.07) is 5.71. The Bertz CT molecular complexity index is 872. The van der Waals surface area contributed by atoms with Gasteiger partial charge in [-0.15, -0.1) is 0 Å². The molecule has 28 heavy (non-hydrogen) atoms. The minimum absolute atomic E-state index is 0.165. The van der Waals surface area contributed by atoms with Crippen LogP contribution in [0.1, 0.15) is 28.9 Å². The van der Waals surface area contributed by atoms with Crippen molar-refractivity contribution in [1.82, 2.24) is 20.2 Å². The topological polar surface area (TPSA) is 67.4 Å². The van der Waals surface area contributed by atoms with Gasteiger partial charge in [-0.05, 0) is 55.2 Å². The molecule has 0 radical (unpaired) electrons. The maximum absolute atomic E-state index is 12.2. The number of benzene rings is 1. The van der Waals surface area contributed by atoms with Crippen LogP contribution in [0.4, 0.5) is 0 Å². The highest BCUT2D eigenvalue weighted by Crippen LogP contribution is 2.29. The molecule has 6 nitrogen and oxygen atoms in total. The van der Waals surface area contributed by atoms with E-state index in [4.69, 9.17) is 16.3 Å². The van der Waals surface area contributed by atoms with Gasteiger partial charge < -0.3 is 10.1 Å². The van der Waals surface area contributed by atoms with Crippen molar-refractivity contribution >= 4 is 23.6 Å². The number of nitrogens with one attached hydrogen (secondary N) is 1. The van der Waals surface area contributed by atoms with Gasteiger partial charge in [0, 0.05) is 42.6 Å². The molecule has 0 saturated carbocycles. The van der Waals surface area contributed by atoms with Crippen LogP contribution in [0.2, 0.25) is 5.02 Å². The van der Waals surface area contributed by atoms with Crippen LogP contribution in [0.3, 0.4) is 0 Å². The maximum atomic E-state index is 12.2. The lowest BCUT2D eigenvalue weighted by atomic mass is 9.97. The number of hydrogen-bond acceptors (Lipinski definition) is 5. The molecule has 3 heterocycles. The summed E-state index contributed by atoms with van der Waals surface area (Å²) < 4.78 is 5.86. The number of nitrogens with zero attached hydrogens (tertiary/aromatic N) is 3. The molecule has 2 aromatic rings. The highest BCUT2D eigenvalue weighted by molar-refractivity contribution is 6.30. The summed E-state index contributed by atoms with van der Waals surface area (Å²) in [5, 5.41) is 3.71. The standard InChI is InChI=1S/C21H23ClN4O2/c22-18-3-4-20-17(9-18)8-16(14-28-20)13-26-7-1-2-15(12-26)10-25-21(27)19-11-23-5-6-24-19/h3-6,8-9,11,15H,1-2,7,10,12-14H2,(H,25,27). The van der Waals surface area contributed by atoms with Crippen molar-refractivity contribution in [3.63, 3.8) is 0 Å². The van der Waals surface area contributed by atoms with Gasteiger partial charge >= 0.3 is 0 Å². The smallest absolute Gasteiger partial charge is 0.271 e. The summed E-state index contributed by atoms with van der Waals surface area (Å²) in [4.78, 5) is 22.6. The lowest BCUT2D eigenvalue weighted by Crippen LogP contribution is -2.42. The van der Waals surface area contributed by atoms with Crippen molar-refractivity contribution in [2.75, 3.05) is 32.8 Å². The van der Waals surface area contributed by atoms with E-state index >= 15 is 0 Å². The molecule has 0 bridgehead atoms. The third kappa shape index (κ3) is 4.69. The molecule has 1 aromatic carbocycles.